The predicted molar refractivity (Wildman–Crippen MR) is 159 cm³/mol. The molecule has 0 unspecified atom stereocenters. The van der Waals surface area contributed by atoms with Crippen molar-refractivity contribution < 1.29 is 0 Å². The minimum atomic E-state index is 0.574. The second kappa shape index (κ2) is 14.5. The van der Waals surface area contributed by atoms with Gasteiger partial charge in [0.15, 0.2) is 0 Å². The van der Waals surface area contributed by atoms with Crippen LogP contribution in [-0.4, -0.2) is 41.7 Å². The zero-order chi connectivity index (χ0) is 26.5. The third-order valence-electron chi connectivity index (χ3n) is 6.01. The highest BCUT2D eigenvalue weighted by Crippen LogP contribution is 2.23. The van der Waals surface area contributed by atoms with E-state index in [1.165, 1.54) is 11.1 Å². The number of hydrogen-bond acceptors (Lipinski definition) is 6. The molecule has 1 aromatic heterocycles. The first-order chi connectivity index (χ1) is 18.1. The van der Waals surface area contributed by atoms with Crippen LogP contribution in [0.3, 0.4) is 0 Å². The molecule has 0 amide bonds. The standard InChI is InChI=1S/C19H22N4.C12H16N2/c1-5-7-8-15(6-2)17-11-12-21-19(22-17)23-18-13-16(20-4)10-9-14(18)3;1-2-11-3-5-12(6-4-11)9-14-8-7-13-10-14/h5-13,20H,1H2,2-4H3,(H,21,22,23);2-6,13H,1,7-10H2/b8-7-,15-6+;. The maximum absolute atomic E-state index is 4.59. The Morgan fingerprint density at radius 3 is 2.59 bits per heavy atom. The normalized spacial score (nSPS) is 13.6. The average Bonchev–Trinajstić information content (AvgIpc) is 3.44. The molecule has 2 aromatic carbocycles. The molecule has 3 aromatic rings. The summed E-state index contributed by atoms with van der Waals surface area (Å²) in [6, 6.07) is 16.6. The summed E-state index contributed by atoms with van der Waals surface area (Å²) in [4.78, 5) is 11.3. The van der Waals surface area contributed by atoms with E-state index in [0.717, 1.165) is 54.5 Å². The third-order valence-corrected chi connectivity index (χ3v) is 6.01. The molecule has 0 aliphatic carbocycles. The van der Waals surface area contributed by atoms with Crippen molar-refractivity contribution >= 4 is 29.0 Å². The van der Waals surface area contributed by atoms with Crippen molar-refractivity contribution in [2.75, 3.05) is 37.4 Å². The van der Waals surface area contributed by atoms with E-state index >= 15 is 0 Å². The lowest BCUT2D eigenvalue weighted by Crippen LogP contribution is -2.21. The van der Waals surface area contributed by atoms with Crippen LogP contribution in [0.25, 0.3) is 11.6 Å². The number of rotatable bonds is 9. The van der Waals surface area contributed by atoms with Gasteiger partial charge in [-0.05, 0) is 54.3 Å². The Kier molecular flexibility index (Phi) is 10.8. The topological polar surface area (TPSA) is 65.1 Å². The first-order valence-corrected chi connectivity index (χ1v) is 12.5. The molecule has 37 heavy (non-hydrogen) atoms. The monoisotopic (exact) mass is 494 g/mol. The smallest absolute Gasteiger partial charge is 0.227 e. The molecule has 0 saturated carbocycles. The van der Waals surface area contributed by atoms with Crippen molar-refractivity contribution in [3.63, 3.8) is 0 Å². The van der Waals surface area contributed by atoms with E-state index in [1.54, 1.807) is 12.3 Å². The van der Waals surface area contributed by atoms with Crippen LogP contribution in [-0.2, 0) is 6.54 Å². The molecule has 0 radical (unpaired) electrons. The molecule has 0 spiro atoms. The highest BCUT2D eigenvalue weighted by Gasteiger charge is 2.10. The minimum absolute atomic E-state index is 0.574. The van der Waals surface area contributed by atoms with Crippen LogP contribution < -0.4 is 16.0 Å². The summed E-state index contributed by atoms with van der Waals surface area (Å²) >= 11 is 0. The van der Waals surface area contributed by atoms with Gasteiger partial charge in [-0.1, -0.05) is 73.9 Å². The molecule has 192 valence electrons. The minimum Gasteiger partial charge on any atom is -0.388 e. The summed E-state index contributed by atoms with van der Waals surface area (Å²) in [5.41, 5.74) is 7.61. The Morgan fingerprint density at radius 1 is 1.14 bits per heavy atom. The Bertz CT molecular complexity index is 1220. The number of aryl methyl sites for hydroxylation is 1. The summed E-state index contributed by atoms with van der Waals surface area (Å²) in [5.74, 6) is 0.574. The molecule has 6 nitrogen and oxygen atoms in total. The quantitative estimate of drug-likeness (QED) is 0.299. The largest absolute Gasteiger partial charge is 0.388 e. The van der Waals surface area contributed by atoms with Gasteiger partial charge in [-0.2, -0.15) is 0 Å². The van der Waals surface area contributed by atoms with Crippen molar-refractivity contribution in [3.05, 3.63) is 115 Å². The number of aromatic nitrogens is 2. The molecule has 1 aliphatic rings. The van der Waals surface area contributed by atoms with Gasteiger partial charge in [0.1, 0.15) is 0 Å². The van der Waals surface area contributed by atoms with Crippen LogP contribution in [0.1, 0.15) is 29.3 Å². The number of allylic oxidation sites excluding steroid dienone is 5. The van der Waals surface area contributed by atoms with Crippen LogP contribution in [0.5, 0.6) is 0 Å². The van der Waals surface area contributed by atoms with Crippen LogP contribution in [0.4, 0.5) is 17.3 Å². The first kappa shape index (κ1) is 27.6. The van der Waals surface area contributed by atoms with E-state index in [2.05, 4.69) is 81.2 Å². The highest BCUT2D eigenvalue weighted by atomic mass is 15.3. The Labute approximate surface area is 221 Å². The summed E-state index contributed by atoms with van der Waals surface area (Å²) in [7, 11) is 1.90. The molecule has 1 saturated heterocycles. The van der Waals surface area contributed by atoms with Crippen molar-refractivity contribution in [1.29, 1.82) is 0 Å². The van der Waals surface area contributed by atoms with Crippen molar-refractivity contribution in [2.45, 2.75) is 20.4 Å². The number of benzene rings is 2. The van der Waals surface area contributed by atoms with E-state index in [9.17, 15) is 0 Å². The molecule has 0 bridgehead atoms. The summed E-state index contributed by atoms with van der Waals surface area (Å²) < 4.78 is 0. The van der Waals surface area contributed by atoms with E-state index in [1.807, 2.05) is 56.5 Å². The Morgan fingerprint density at radius 2 is 1.95 bits per heavy atom. The van der Waals surface area contributed by atoms with Gasteiger partial charge in [-0.15, -0.1) is 0 Å². The fraction of sp³-hybridized carbons (Fsp3) is 0.226. The van der Waals surface area contributed by atoms with Gasteiger partial charge in [-0.3, -0.25) is 4.90 Å². The summed E-state index contributed by atoms with van der Waals surface area (Å²) in [6.07, 6.45) is 11.3. The Hall–Kier alpha value is -4.00. The predicted octanol–water partition coefficient (Wildman–Crippen LogP) is 6.41. The lowest BCUT2D eigenvalue weighted by atomic mass is 10.1. The zero-order valence-electron chi connectivity index (χ0n) is 22.2. The van der Waals surface area contributed by atoms with Crippen LogP contribution >= 0.6 is 0 Å². The van der Waals surface area contributed by atoms with Gasteiger partial charge in [0.25, 0.3) is 0 Å². The number of anilines is 3. The number of nitrogens with zero attached hydrogens (tertiary/aromatic N) is 3. The average molecular weight is 495 g/mol. The molecule has 2 heterocycles. The molecule has 1 fully saturated rings. The lowest BCUT2D eigenvalue weighted by Gasteiger charge is -2.13. The van der Waals surface area contributed by atoms with E-state index in [4.69, 9.17) is 0 Å². The van der Waals surface area contributed by atoms with Crippen LogP contribution in [0.2, 0.25) is 0 Å². The number of hydrogen-bond donors (Lipinski definition) is 3. The maximum atomic E-state index is 4.59. The molecule has 0 atom stereocenters. The van der Waals surface area contributed by atoms with E-state index in [-0.39, 0.29) is 0 Å². The SMILES string of the molecule is C=C/C=C\C(=C/C)c1ccnc(Nc2cc(NC)ccc2C)n1.C=Cc1ccc(CN2CCNC2)cc1. The first-order valence-electron chi connectivity index (χ1n) is 12.5. The summed E-state index contributed by atoms with van der Waals surface area (Å²) in [5, 5.41) is 9.75. The van der Waals surface area contributed by atoms with Crippen LogP contribution in [0, 0.1) is 6.92 Å². The number of nitrogens with one attached hydrogen (secondary N) is 3. The second-order valence-electron chi connectivity index (χ2n) is 8.67. The second-order valence-corrected chi connectivity index (χ2v) is 8.67. The lowest BCUT2D eigenvalue weighted by molar-refractivity contribution is 0.327. The molecule has 6 heteroatoms. The van der Waals surface area contributed by atoms with Gasteiger partial charge >= 0.3 is 0 Å². The zero-order valence-corrected chi connectivity index (χ0v) is 22.2. The molecular formula is C31H38N6. The van der Waals surface area contributed by atoms with Gasteiger partial charge in [0.05, 0.1) is 5.69 Å². The fourth-order valence-corrected chi connectivity index (χ4v) is 3.82. The van der Waals surface area contributed by atoms with E-state index in [0.29, 0.717) is 5.95 Å². The molecule has 1 aliphatic heterocycles. The van der Waals surface area contributed by atoms with Crippen molar-refractivity contribution in [1.82, 2.24) is 20.2 Å². The van der Waals surface area contributed by atoms with Crippen LogP contribution in [0.15, 0.2) is 92.2 Å². The summed E-state index contributed by atoms with van der Waals surface area (Å²) in [6.45, 7) is 15.8. The molecular weight excluding hydrogens is 456 g/mol. The van der Waals surface area contributed by atoms with Gasteiger partial charge in [0.2, 0.25) is 5.95 Å². The fourth-order valence-electron chi connectivity index (χ4n) is 3.82. The van der Waals surface area contributed by atoms with E-state index < -0.39 is 0 Å². The maximum Gasteiger partial charge on any atom is 0.227 e. The van der Waals surface area contributed by atoms with Crippen molar-refractivity contribution in [2.24, 2.45) is 0 Å². The van der Waals surface area contributed by atoms with Gasteiger partial charge < -0.3 is 16.0 Å². The van der Waals surface area contributed by atoms with Gasteiger partial charge in [0, 0.05) is 50.9 Å². The Balaban J connectivity index is 0.000000231. The van der Waals surface area contributed by atoms with Crippen molar-refractivity contribution in [3.8, 4) is 0 Å². The molecule has 4 rings (SSSR count). The molecule has 3 N–H and O–H groups in total. The van der Waals surface area contributed by atoms with Gasteiger partial charge in [-0.25, -0.2) is 9.97 Å². The third kappa shape index (κ3) is 8.56. The highest BCUT2D eigenvalue weighted by molar-refractivity contribution is 5.73.